The Morgan fingerprint density at radius 1 is 1.16 bits per heavy atom. The van der Waals surface area contributed by atoms with E-state index in [0.29, 0.717) is 29.5 Å². The second kappa shape index (κ2) is 7.48. The first-order chi connectivity index (χ1) is 12.0. The fourth-order valence-electron chi connectivity index (χ4n) is 2.22. The molecule has 0 bridgehead atoms. The number of urea groups is 1. The maximum Gasteiger partial charge on any atom is 0.323 e. The molecule has 1 aromatic heterocycles. The number of nitrogens with zero attached hydrogens (tertiary/aromatic N) is 2. The van der Waals surface area contributed by atoms with Crippen LogP contribution in [0.4, 0.5) is 16.2 Å². The zero-order valence-corrected chi connectivity index (χ0v) is 15.4. The number of benzene rings is 2. The fourth-order valence-corrected chi connectivity index (χ4v) is 2.82. The van der Waals surface area contributed by atoms with Crippen LogP contribution in [-0.2, 0) is 6.42 Å². The van der Waals surface area contributed by atoms with Gasteiger partial charge >= 0.3 is 6.03 Å². The van der Waals surface area contributed by atoms with Crippen LogP contribution in [0.3, 0.4) is 0 Å². The van der Waals surface area contributed by atoms with E-state index in [2.05, 4.69) is 36.7 Å². The molecule has 0 saturated carbocycles. The Morgan fingerprint density at radius 3 is 2.56 bits per heavy atom. The van der Waals surface area contributed by atoms with Crippen molar-refractivity contribution in [3.63, 3.8) is 0 Å². The van der Waals surface area contributed by atoms with Crippen molar-refractivity contribution in [1.82, 2.24) is 10.1 Å². The number of amides is 2. The number of halogens is 1. The summed E-state index contributed by atoms with van der Waals surface area (Å²) in [7, 11) is 0. The van der Waals surface area contributed by atoms with Crippen LogP contribution in [0, 0.1) is 6.92 Å². The van der Waals surface area contributed by atoms with Crippen molar-refractivity contribution in [2.24, 2.45) is 0 Å². The van der Waals surface area contributed by atoms with E-state index < -0.39 is 0 Å². The van der Waals surface area contributed by atoms with Gasteiger partial charge in [-0.3, -0.25) is 0 Å². The summed E-state index contributed by atoms with van der Waals surface area (Å²) in [6.07, 6.45) is 0.696. The summed E-state index contributed by atoms with van der Waals surface area (Å²) in [5.41, 5.74) is 3.32. The summed E-state index contributed by atoms with van der Waals surface area (Å²) in [4.78, 5) is 16.4. The van der Waals surface area contributed by atoms with Crippen molar-refractivity contribution in [3.8, 4) is 11.4 Å². The summed E-state index contributed by atoms with van der Waals surface area (Å²) in [5, 5.41) is 9.53. The molecule has 6 nitrogen and oxygen atoms in total. The third-order valence-corrected chi connectivity index (χ3v) is 4.20. The molecule has 0 saturated heterocycles. The van der Waals surface area contributed by atoms with E-state index in [0.717, 1.165) is 15.6 Å². The van der Waals surface area contributed by atoms with Crippen molar-refractivity contribution in [1.29, 1.82) is 0 Å². The Bertz CT molecular complexity index is 890. The van der Waals surface area contributed by atoms with Gasteiger partial charge in [0.2, 0.25) is 11.7 Å². The predicted octanol–water partition coefficient (Wildman–Crippen LogP) is 5.01. The number of rotatable bonds is 4. The summed E-state index contributed by atoms with van der Waals surface area (Å²) < 4.78 is 5.94. The number of carbonyl (C=O) groups excluding carboxylic acids is 1. The van der Waals surface area contributed by atoms with Crippen LogP contribution < -0.4 is 10.6 Å². The smallest absolute Gasteiger partial charge is 0.323 e. The molecule has 0 aliphatic rings. The first-order valence-electron chi connectivity index (χ1n) is 7.82. The molecule has 7 heteroatoms. The van der Waals surface area contributed by atoms with Crippen molar-refractivity contribution < 1.29 is 9.32 Å². The highest BCUT2D eigenvalue weighted by molar-refractivity contribution is 9.10. The molecule has 2 aromatic carbocycles. The van der Waals surface area contributed by atoms with Gasteiger partial charge in [-0.05, 0) is 64.8 Å². The average Bonchev–Trinajstić information content (AvgIpc) is 3.07. The van der Waals surface area contributed by atoms with Crippen LogP contribution in [0.2, 0.25) is 0 Å². The molecule has 128 valence electrons. The average molecular weight is 401 g/mol. The molecule has 0 radical (unpaired) electrons. The molecule has 25 heavy (non-hydrogen) atoms. The van der Waals surface area contributed by atoms with Gasteiger partial charge in [0.05, 0.1) is 5.69 Å². The van der Waals surface area contributed by atoms with E-state index in [1.54, 1.807) is 12.1 Å². The monoisotopic (exact) mass is 400 g/mol. The standard InChI is InChI=1S/C18H17BrN4O2/c1-3-16-22-17(23-25-16)12-5-7-13(8-6-12)20-18(24)21-15-9-4-11(2)10-14(15)19/h4-10H,3H2,1-2H3,(H2,20,21,24). The number of aromatic nitrogens is 2. The maximum absolute atomic E-state index is 12.1. The third-order valence-electron chi connectivity index (χ3n) is 3.54. The Hall–Kier alpha value is -2.67. The highest BCUT2D eigenvalue weighted by Gasteiger charge is 2.09. The largest absolute Gasteiger partial charge is 0.339 e. The van der Waals surface area contributed by atoms with E-state index >= 15 is 0 Å². The Labute approximate surface area is 153 Å². The van der Waals surface area contributed by atoms with Gasteiger partial charge in [-0.15, -0.1) is 0 Å². The highest BCUT2D eigenvalue weighted by Crippen LogP contribution is 2.24. The Balaban J connectivity index is 1.65. The summed E-state index contributed by atoms with van der Waals surface area (Å²) >= 11 is 3.44. The summed E-state index contributed by atoms with van der Waals surface area (Å²) in [6.45, 7) is 3.94. The predicted molar refractivity (Wildman–Crippen MR) is 101 cm³/mol. The van der Waals surface area contributed by atoms with Crippen LogP contribution in [0.5, 0.6) is 0 Å². The van der Waals surface area contributed by atoms with Crippen molar-refractivity contribution in [2.75, 3.05) is 10.6 Å². The zero-order valence-electron chi connectivity index (χ0n) is 13.8. The quantitative estimate of drug-likeness (QED) is 0.644. The van der Waals surface area contributed by atoms with Crippen LogP contribution in [0.25, 0.3) is 11.4 Å². The second-order valence-electron chi connectivity index (χ2n) is 5.51. The van der Waals surface area contributed by atoms with Crippen LogP contribution in [-0.4, -0.2) is 16.2 Å². The van der Waals surface area contributed by atoms with Crippen LogP contribution >= 0.6 is 15.9 Å². The van der Waals surface area contributed by atoms with Gasteiger partial charge in [0.15, 0.2) is 0 Å². The molecule has 0 atom stereocenters. The molecular weight excluding hydrogens is 384 g/mol. The number of hydrogen-bond acceptors (Lipinski definition) is 4. The van der Waals surface area contributed by atoms with Crippen molar-refractivity contribution >= 4 is 33.3 Å². The van der Waals surface area contributed by atoms with Gasteiger partial charge < -0.3 is 15.2 Å². The van der Waals surface area contributed by atoms with E-state index in [1.165, 1.54) is 0 Å². The van der Waals surface area contributed by atoms with Gasteiger partial charge in [0.25, 0.3) is 0 Å². The topological polar surface area (TPSA) is 80.0 Å². The fraction of sp³-hybridized carbons (Fsp3) is 0.167. The highest BCUT2D eigenvalue weighted by atomic mass is 79.9. The normalized spacial score (nSPS) is 10.5. The van der Waals surface area contributed by atoms with Gasteiger partial charge in [0, 0.05) is 22.1 Å². The van der Waals surface area contributed by atoms with Gasteiger partial charge in [-0.2, -0.15) is 4.98 Å². The van der Waals surface area contributed by atoms with Crippen LogP contribution in [0.1, 0.15) is 18.4 Å². The molecule has 0 aliphatic carbocycles. The Morgan fingerprint density at radius 2 is 1.92 bits per heavy atom. The number of hydrogen-bond donors (Lipinski definition) is 2. The van der Waals surface area contributed by atoms with Crippen molar-refractivity contribution in [2.45, 2.75) is 20.3 Å². The van der Waals surface area contributed by atoms with Crippen LogP contribution in [0.15, 0.2) is 51.5 Å². The number of carbonyl (C=O) groups is 1. The number of nitrogens with one attached hydrogen (secondary N) is 2. The van der Waals surface area contributed by atoms with Crippen molar-refractivity contribution in [3.05, 3.63) is 58.4 Å². The molecule has 0 unspecified atom stereocenters. The van der Waals surface area contributed by atoms with E-state index in [-0.39, 0.29) is 6.03 Å². The molecule has 1 heterocycles. The third kappa shape index (κ3) is 4.24. The minimum absolute atomic E-state index is 0.315. The van der Waals surface area contributed by atoms with E-state index in [1.807, 2.05) is 44.2 Å². The molecule has 0 aliphatic heterocycles. The SMILES string of the molecule is CCc1nc(-c2ccc(NC(=O)Nc3ccc(C)cc3Br)cc2)no1. The number of aryl methyl sites for hydroxylation is 2. The lowest BCUT2D eigenvalue weighted by Gasteiger charge is -2.10. The first kappa shape index (κ1) is 17.2. The molecular formula is C18H17BrN4O2. The molecule has 3 rings (SSSR count). The zero-order chi connectivity index (χ0) is 17.8. The molecule has 2 N–H and O–H groups in total. The molecule has 0 spiro atoms. The second-order valence-corrected chi connectivity index (χ2v) is 6.36. The Kier molecular flexibility index (Phi) is 5.14. The van der Waals surface area contributed by atoms with Gasteiger partial charge in [0.1, 0.15) is 0 Å². The number of anilines is 2. The molecule has 2 amide bonds. The minimum Gasteiger partial charge on any atom is -0.339 e. The summed E-state index contributed by atoms with van der Waals surface area (Å²) in [6, 6.07) is 12.7. The van der Waals surface area contributed by atoms with Gasteiger partial charge in [-0.1, -0.05) is 18.1 Å². The lowest BCUT2D eigenvalue weighted by molar-refractivity contribution is 0.262. The maximum atomic E-state index is 12.1. The van der Waals surface area contributed by atoms with E-state index in [4.69, 9.17) is 4.52 Å². The van der Waals surface area contributed by atoms with Gasteiger partial charge in [-0.25, -0.2) is 4.79 Å². The summed E-state index contributed by atoms with van der Waals surface area (Å²) in [5.74, 6) is 1.14. The first-order valence-corrected chi connectivity index (χ1v) is 8.61. The molecule has 0 fully saturated rings. The molecule has 3 aromatic rings. The lowest BCUT2D eigenvalue weighted by atomic mass is 10.2. The lowest BCUT2D eigenvalue weighted by Crippen LogP contribution is -2.19. The minimum atomic E-state index is -0.315. The van der Waals surface area contributed by atoms with E-state index in [9.17, 15) is 4.79 Å².